The molecule has 1 aromatic carbocycles. The Labute approximate surface area is 171 Å². The molecule has 2 aliphatic carbocycles. The molecule has 0 amide bonds. The van der Waals surface area contributed by atoms with Gasteiger partial charge in [0.15, 0.2) is 5.96 Å². The zero-order chi connectivity index (χ0) is 17.9. The molecule has 2 fully saturated rings. The van der Waals surface area contributed by atoms with Gasteiger partial charge in [0.05, 0.1) is 17.7 Å². The second-order valence-electron chi connectivity index (χ2n) is 6.81. The summed E-state index contributed by atoms with van der Waals surface area (Å²) in [6.07, 6.45) is 4.97. The number of halogens is 2. The van der Waals surface area contributed by atoms with Gasteiger partial charge in [0.2, 0.25) is 0 Å². The molecule has 5 nitrogen and oxygen atoms in total. The molecule has 2 atom stereocenters. The summed E-state index contributed by atoms with van der Waals surface area (Å²) in [4.78, 5) is 4.26. The molecule has 7 heteroatoms. The molecule has 2 N–H and O–H groups in total. The number of hydrogen-bond acceptors (Lipinski definition) is 3. The predicted molar refractivity (Wildman–Crippen MR) is 110 cm³/mol. The fourth-order valence-corrected chi connectivity index (χ4v) is 3.94. The van der Waals surface area contributed by atoms with Gasteiger partial charge in [-0.3, -0.25) is 4.99 Å². The average molecular weight is 472 g/mol. The van der Waals surface area contributed by atoms with Crippen molar-refractivity contribution in [1.29, 1.82) is 5.26 Å². The molecule has 2 saturated carbocycles. The summed E-state index contributed by atoms with van der Waals surface area (Å²) in [5.74, 6) is 0.299. The Morgan fingerprint density at radius 2 is 2.23 bits per heavy atom. The van der Waals surface area contributed by atoms with E-state index in [4.69, 9.17) is 10.00 Å². The third-order valence-corrected chi connectivity index (χ3v) is 5.60. The lowest BCUT2D eigenvalue weighted by atomic mass is 9.51. The number of nitrogens with one attached hydrogen (secondary N) is 2. The van der Waals surface area contributed by atoms with Crippen molar-refractivity contribution in [3.63, 3.8) is 0 Å². The first-order valence-electron chi connectivity index (χ1n) is 8.90. The van der Waals surface area contributed by atoms with Gasteiger partial charge >= 0.3 is 0 Å². The van der Waals surface area contributed by atoms with E-state index in [9.17, 15) is 4.39 Å². The maximum Gasteiger partial charge on any atom is 0.191 e. The Balaban J connectivity index is 0.00000243. The fourth-order valence-electron chi connectivity index (χ4n) is 3.94. The van der Waals surface area contributed by atoms with Crippen molar-refractivity contribution in [2.24, 2.45) is 10.4 Å². The van der Waals surface area contributed by atoms with Gasteiger partial charge in [0.25, 0.3) is 0 Å². The molecule has 0 saturated heterocycles. The lowest BCUT2D eigenvalue weighted by molar-refractivity contribution is -0.168. The van der Waals surface area contributed by atoms with Gasteiger partial charge in [-0.2, -0.15) is 5.26 Å². The van der Waals surface area contributed by atoms with Crippen LogP contribution in [0, 0.1) is 22.6 Å². The van der Waals surface area contributed by atoms with Crippen LogP contribution in [0.1, 0.15) is 43.7 Å². The van der Waals surface area contributed by atoms with Crippen LogP contribution < -0.4 is 10.6 Å². The zero-order valence-corrected chi connectivity index (χ0v) is 17.5. The monoisotopic (exact) mass is 472 g/mol. The summed E-state index contributed by atoms with van der Waals surface area (Å²) in [6.45, 7) is 3.12. The van der Waals surface area contributed by atoms with E-state index in [1.54, 1.807) is 19.2 Å². The summed E-state index contributed by atoms with van der Waals surface area (Å²) in [5.41, 5.74) is 1.08. The van der Waals surface area contributed by atoms with Gasteiger partial charge in [-0.25, -0.2) is 4.39 Å². The Bertz CT molecular complexity index is 699. The molecule has 0 bridgehead atoms. The first-order valence-corrected chi connectivity index (χ1v) is 8.90. The molecule has 26 heavy (non-hydrogen) atoms. The van der Waals surface area contributed by atoms with E-state index in [0.29, 0.717) is 35.8 Å². The van der Waals surface area contributed by atoms with Crippen molar-refractivity contribution >= 4 is 29.9 Å². The number of benzene rings is 1. The SMILES string of the molecule is CCOC1CC(NC(=NC)NCc2ccc(C#N)cc2F)C12CCC2.I. The third kappa shape index (κ3) is 3.96. The fraction of sp³-hybridized carbons (Fsp3) is 0.579. The van der Waals surface area contributed by atoms with E-state index < -0.39 is 0 Å². The van der Waals surface area contributed by atoms with Crippen LogP contribution in [-0.2, 0) is 11.3 Å². The number of aliphatic imine (C=N–C) groups is 1. The second-order valence-corrected chi connectivity index (χ2v) is 6.81. The highest BCUT2D eigenvalue weighted by Crippen LogP contribution is 2.57. The van der Waals surface area contributed by atoms with Gasteiger partial charge in [0.1, 0.15) is 5.82 Å². The topological polar surface area (TPSA) is 69.4 Å². The standard InChI is InChI=1S/C19H25FN4O.HI/c1-3-25-17-10-16(19(17)7-4-8-19)24-18(22-2)23-12-14-6-5-13(11-21)9-15(14)20;/h5-6,9,16-17H,3-4,7-8,10,12H2,1-2H3,(H2,22,23,24);1H. The normalized spacial score (nSPS) is 23.2. The number of hydrogen-bond donors (Lipinski definition) is 2. The van der Waals surface area contributed by atoms with Crippen molar-refractivity contribution in [2.45, 2.75) is 51.3 Å². The molecule has 0 aliphatic heterocycles. The minimum Gasteiger partial charge on any atom is -0.378 e. The van der Waals surface area contributed by atoms with E-state index in [-0.39, 0.29) is 35.2 Å². The van der Waals surface area contributed by atoms with Crippen molar-refractivity contribution in [3.05, 3.63) is 35.1 Å². The van der Waals surface area contributed by atoms with E-state index in [0.717, 1.165) is 13.0 Å². The van der Waals surface area contributed by atoms with Crippen LogP contribution in [0.15, 0.2) is 23.2 Å². The van der Waals surface area contributed by atoms with Crippen LogP contribution in [0.3, 0.4) is 0 Å². The maximum absolute atomic E-state index is 14.0. The Kier molecular flexibility index (Phi) is 7.24. The number of guanidine groups is 1. The van der Waals surface area contributed by atoms with Gasteiger partial charge < -0.3 is 15.4 Å². The molecule has 2 aliphatic rings. The van der Waals surface area contributed by atoms with Crippen molar-refractivity contribution in [3.8, 4) is 6.07 Å². The van der Waals surface area contributed by atoms with E-state index in [1.807, 2.05) is 13.0 Å². The Morgan fingerprint density at radius 3 is 2.77 bits per heavy atom. The lowest BCUT2D eigenvalue weighted by Crippen LogP contribution is -2.68. The zero-order valence-electron chi connectivity index (χ0n) is 15.2. The molecule has 142 valence electrons. The highest BCUT2D eigenvalue weighted by atomic mass is 127. The predicted octanol–water partition coefficient (Wildman–Crippen LogP) is 3.33. The van der Waals surface area contributed by atoms with E-state index in [1.165, 1.54) is 25.3 Å². The Hall–Kier alpha value is -1.40. The summed E-state index contributed by atoms with van der Waals surface area (Å²) in [5, 5.41) is 15.5. The van der Waals surface area contributed by atoms with Gasteiger partial charge in [-0.1, -0.05) is 12.5 Å². The van der Waals surface area contributed by atoms with Crippen molar-refractivity contribution < 1.29 is 9.13 Å². The van der Waals surface area contributed by atoms with Crippen LogP contribution in [0.25, 0.3) is 0 Å². The number of nitriles is 1. The van der Waals surface area contributed by atoms with Gasteiger partial charge in [0, 0.05) is 37.2 Å². The quantitative estimate of drug-likeness (QED) is 0.392. The summed E-state index contributed by atoms with van der Waals surface area (Å²) >= 11 is 0. The molecule has 2 unspecified atom stereocenters. The number of rotatable bonds is 5. The first-order chi connectivity index (χ1) is 12.1. The van der Waals surface area contributed by atoms with Crippen LogP contribution in [0.4, 0.5) is 4.39 Å². The molecule has 0 aromatic heterocycles. The maximum atomic E-state index is 14.0. The van der Waals surface area contributed by atoms with Crippen molar-refractivity contribution in [2.75, 3.05) is 13.7 Å². The molecule has 3 rings (SSSR count). The first kappa shape index (κ1) is 20.9. The molecule has 1 spiro atoms. The van der Waals surface area contributed by atoms with Gasteiger partial charge in [-0.05, 0) is 38.3 Å². The van der Waals surface area contributed by atoms with Crippen LogP contribution in [-0.4, -0.2) is 31.8 Å². The highest BCUT2D eigenvalue weighted by Gasteiger charge is 2.59. The molecule has 0 heterocycles. The van der Waals surface area contributed by atoms with Gasteiger partial charge in [-0.15, -0.1) is 24.0 Å². The molecular formula is C19H26FIN4O. The second kappa shape index (κ2) is 9.00. The van der Waals surface area contributed by atoms with Crippen LogP contribution >= 0.6 is 24.0 Å². The summed E-state index contributed by atoms with van der Waals surface area (Å²) in [6, 6.07) is 6.81. The summed E-state index contributed by atoms with van der Waals surface area (Å²) in [7, 11) is 1.72. The highest BCUT2D eigenvalue weighted by molar-refractivity contribution is 14.0. The third-order valence-electron chi connectivity index (χ3n) is 5.60. The minimum atomic E-state index is -0.377. The van der Waals surface area contributed by atoms with Crippen LogP contribution in [0.2, 0.25) is 0 Å². The van der Waals surface area contributed by atoms with E-state index >= 15 is 0 Å². The largest absolute Gasteiger partial charge is 0.378 e. The number of nitrogens with zero attached hydrogens (tertiary/aromatic N) is 2. The van der Waals surface area contributed by atoms with Crippen LogP contribution in [0.5, 0.6) is 0 Å². The molecule has 0 radical (unpaired) electrons. The van der Waals surface area contributed by atoms with Crippen molar-refractivity contribution in [1.82, 2.24) is 10.6 Å². The average Bonchev–Trinajstić information content (AvgIpc) is 2.56. The molecule has 1 aromatic rings. The molecular weight excluding hydrogens is 446 g/mol. The van der Waals surface area contributed by atoms with E-state index in [2.05, 4.69) is 15.6 Å². The minimum absolute atomic E-state index is 0. The lowest BCUT2D eigenvalue weighted by Gasteiger charge is -2.61. The smallest absolute Gasteiger partial charge is 0.191 e. The number of ether oxygens (including phenoxy) is 1. The Morgan fingerprint density at radius 1 is 1.46 bits per heavy atom. The summed E-state index contributed by atoms with van der Waals surface area (Å²) < 4.78 is 19.9.